The minimum absolute atomic E-state index is 0.843. The molecular weight excluding hydrogens is 234 g/mol. The number of hydrogen-bond donors (Lipinski definition) is 1. The molecule has 2 aromatic carbocycles. The molecule has 1 aromatic heterocycles. The zero-order chi connectivity index (χ0) is 12.9. The van der Waals surface area contributed by atoms with Crippen LogP contribution in [0.3, 0.4) is 0 Å². The third-order valence-corrected chi connectivity index (χ3v) is 2.83. The van der Waals surface area contributed by atoms with Crippen molar-refractivity contribution in [1.82, 2.24) is 10.2 Å². The molecule has 0 spiro atoms. The first-order chi connectivity index (χ1) is 9.43. The lowest BCUT2D eigenvalue weighted by atomic mass is 10.1. The first kappa shape index (κ1) is 11.4. The maximum absolute atomic E-state index is 4.49. The summed E-state index contributed by atoms with van der Waals surface area (Å²) in [5, 5.41) is 7.07. The molecule has 3 heteroatoms. The van der Waals surface area contributed by atoms with Crippen LogP contribution < -0.4 is 0 Å². The molecule has 19 heavy (non-hydrogen) atoms. The molecule has 0 amide bonds. The highest BCUT2D eigenvalue weighted by Crippen LogP contribution is 2.27. The Labute approximate surface area is 111 Å². The van der Waals surface area contributed by atoms with Crippen molar-refractivity contribution in [2.45, 2.75) is 0 Å². The van der Waals surface area contributed by atoms with E-state index < -0.39 is 0 Å². The summed E-state index contributed by atoms with van der Waals surface area (Å²) in [5.41, 5.74) is 3.94. The highest BCUT2D eigenvalue weighted by Gasteiger charge is 2.05. The fourth-order valence-electron chi connectivity index (χ4n) is 1.88. The number of nitrogens with one attached hydrogen (secondary N) is 1. The van der Waals surface area contributed by atoms with E-state index in [2.05, 4.69) is 15.2 Å². The third-order valence-electron chi connectivity index (χ3n) is 2.83. The van der Waals surface area contributed by atoms with Crippen LogP contribution in [0.1, 0.15) is 5.56 Å². The lowest BCUT2D eigenvalue weighted by Gasteiger charge is -1.98. The summed E-state index contributed by atoms with van der Waals surface area (Å²) in [7, 11) is 0. The number of aromatic amines is 1. The monoisotopic (exact) mass is 247 g/mol. The van der Waals surface area contributed by atoms with E-state index in [0.29, 0.717) is 0 Å². The van der Waals surface area contributed by atoms with Gasteiger partial charge in [-0.2, -0.15) is 5.10 Å². The quantitative estimate of drug-likeness (QED) is 0.702. The number of rotatable bonds is 3. The summed E-state index contributed by atoms with van der Waals surface area (Å²) < 4.78 is 0. The number of aliphatic imine (C=N–C) groups is 1. The summed E-state index contributed by atoms with van der Waals surface area (Å²) in [4.78, 5) is 4.49. The maximum Gasteiger partial charge on any atom is 0.109 e. The molecule has 0 radical (unpaired) electrons. The molecule has 3 nitrogen and oxygen atoms in total. The highest BCUT2D eigenvalue weighted by molar-refractivity contribution is 5.84. The fraction of sp³-hybridized carbons (Fsp3) is 0. The van der Waals surface area contributed by atoms with Gasteiger partial charge in [0.15, 0.2) is 0 Å². The minimum Gasteiger partial charge on any atom is -0.276 e. The molecule has 0 saturated heterocycles. The van der Waals surface area contributed by atoms with Gasteiger partial charge in [0.1, 0.15) is 5.69 Å². The number of aromatic nitrogens is 2. The minimum atomic E-state index is 0.843. The molecule has 3 rings (SSSR count). The van der Waals surface area contributed by atoms with E-state index >= 15 is 0 Å². The first-order valence-corrected chi connectivity index (χ1v) is 6.11. The summed E-state index contributed by atoms with van der Waals surface area (Å²) in [6.07, 6.45) is 3.58. The van der Waals surface area contributed by atoms with Crippen LogP contribution in [-0.4, -0.2) is 16.4 Å². The molecule has 1 heterocycles. The Bertz CT molecular complexity index is 669. The van der Waals surface area contributed by atoms with Gasteiger partial charge in [0.05, 0.1) is 11.9 Å². The van der Waals surface area contributed by atoms with Crippen molar-refractivity contribution in [2.75, 3.05) is 0 Å². The van der Waals surface area contributed by atoms with Gasteiger partial charge in [-0.05, 0) is 5.56 Å². The van der Waals surface area contributed by atoms with Gasteiger partial charge in [0.25, 0.3) is 0 Å². The van der Waals surface area contributed by atoms with Gasteiger partial charge in [-0.1, -0.05) is 60.7 Å². The Kier molecular flexibility index (Phi) is 3.19. The van der Waals surface area contributed by atoms with Gasteiger partial charge in [-0.15, -0.1) is 0 Å². The number of benzene rings is 2. The largest absolute Gasteiger partial charge is 0.276 e. The molecule has 0 aliphatic carbocycles. The zero-order valence-electron chi connectivity index (χ0n) is 10.3. The van der Waals surface area contributed by atoms with Crippen LogP contribution in [0, 0.1) is 0 Å². The predicted octanol–water partition coefficient (Wildman–Crippen LogP) is 3.83. The summed E-state index contributed by atoms with van der Waals surface area (Å²) in [6.45, 7) is 0. The molecule has 0 aliphatic heterocycles. The van der Waals surface area contributed by atoms with Crippen molar-refractivity contribution in [1.29, 1.82) is 0 Å². The molecule has 1 N–H and O–H groups in total. The fourth-order valence-corrected chi connectivity index (χ4v) is 1.88. The summed E-state index contributed by atoms with van der Waals surface area (Å²) in [5.74, 6) is 0. The van der Waals surface area contributed by atoms with Gasteiger partial charge in [-0.3, -0.25) is 10.1 Å². The predicted molar refractivity (Wildman–Crippen MR) is 77.7 cm³/mol. The van der Waals surface area contributed by atoms with Gasteiger partial charge in [0.2, 0.25) is 0 Å². The lowest BCUT2D eigenvalue weighted by molar-refractivity contribution is 1.10. The van der Waals surface area contributed by atoms with Gasteiger partial charge >= 0.3 is 0 Å². The van der Waals surface area contributed by atoms with Crippen molar-refractivity contribution >= 4 is 11.9 Å². The lowest BCUT2D eigenvalue weighted by Crippen LogP contribution is -1.80. The normalized spacial score (nSPS) is 10.9. The highest BCUT2D eigenvalue weighted by atomic mass is 15.1. The average Bonchev–Trinajstić information content (AvgIpc) is 2.95. The van der Waals surface area contributed by atoms with Crippen molar-refractivity contribution in [2.24, 2.45) is 4.99 Å². The van der Waals surface area contributed by atoms with E-state index in [-0.39, 0.29) is 0 Å². The van der Waals surface area contributed by atoms with Crippen LogP contribution >= 0.6 is 0 Å². The molecule has 0 saturated carbocycles. The van der Waals surface area contributed by atoms with Crippen LogP contribution in [0.15, 0.2) is 71.9 Å². The van der Waals surface area contributed by atoms with Crippen LogP contribution in [-0.2, 0) is 0 Å². The van der Waals surface area contributed by atoms with E-state index in [1.54, 1.807) is 6.20 Å². The van der Waals surface area contributed by atoms with E-state index in [4.69, 9.17) is 0 Å². The standard InChI is InChI=1S/C16H13N3/c1-3-7-13(8-4-1)11-17-15-12-18-19-16(15)14-9-5-2-6-10-14/h1-12H,(H,18,19). The van der Waals surface area contributed by atoms with Crippen LogP contribution in [0.2, 0.25) is 0 Å². The molecule has 0 atom stereocenters. The average molecular weight is 247 g/mol. The van der Waals surface area contributed by atoms with Crippen molar-refractivity contribution in [3.8, 4) is 11.3 Å². The second-order valence-electron chi connectivity index (χ2n) is 4.17. The van der Waals surface area contributed by atoms with Crippen molar-refractivity contribution < 1.29 is 0 Å². The SMILES string of the molecule is C(=Nc1cn[nH]c1-c1ccccc1)c1ccccc1. The van der Waals surface area contributed by atoms with E-state index in [0.717, 1.165) is 22.5 Å². The van der Waals surface area contributed by atoms with E-state index in [9.17, 15) is 0 Å². The third kappa shape index (κ3) is 2.60. The first-order valence-electron chi connectivity index (χ1n) is 6.11. The maximum atomic E-state index is 4.49. The van der Waals surface area contributed by atoms with Gasteiger partial charge < -0.3 is 0 Å². The Hall–Kier alpha value is -2.68. The summed E-state index contributed by atoms with van der Waals surface area (Å²) >= 11 is 0. The topological polar surface area (TPSA) is 41.0 Å². The molecular formula is C16H13N3. The molecule has 92 valence electrons. The second kappa shape index (κ2) is 5.31. The Morgan fingerprint density at radius 2 is 1.58 bits per heavy atom. The Morgan fingerprint density at radius 1 is 0.895 bits per heavy atom. The number of H-pyrrole nitrogens is 1. The zero-order valence-corrected chi connectivity index (χ0v) is 10.3. The van der Waals surface area contributed by atoms with Gasteiger partial charge in [-0.25, -0.2) is 0 Å². The van der Waals surface area contributed by atoms with Crippen molar-refractivity contribution in [3.05, 3.63) is 72.4 Å². The van der Waals surface area contributed by atoms with E-state index in [1.807, 2.05) is 66.9 Å². The van der Waals surface area contributed by atoms with E-state index in [1.165, 1.54) is 0 Å². The van der Waals surface area contributed by atoms with Crippen LogP contribution in [0.4, 0.5) is 5.69 Å². The van der Waals surface area contributed by atoms with Crippen molar-refractivity contribution in [3.63, 3.8) is 0 Å². The molecule has 0 aliphatic rings. The molecule has 3 aromatic rings. The number of hydrogen-bond acceptors (Lipinski definition) is 2. The van der Waals surface area contributed by atoms with Crippen LogP contribution in [0.25, 0.3) is 11.3 Å². The molecule has 0 bridgehead atoms. The molecule has 0 fully saturated rings. The second-order valence-corrected chi connectivity index (χ2v) is 4.17. The Balaban J connectivity index is 1.91. The summed E-state index contributed by atoms with van der Waals surface area (Å²) in [6, 6.07) is 20.1. The Morgan fingerprint density at radius 3 is 2.32 bits per heavy atom. The van der Waals surface area contributed by atoms with Gasteiger partial charge in [0, 0.05) is 11.8 Å². The number of nitrogens with zero attached hydrogens (tertiary/aromatic N) is 2. The smallest absolute Gasteiger partial charge is 0.109 e. The van der Waals surface area contributed by atoms with Crippen LogP contribution in [0.5, 0.6) is 0 Å². The molecule has 0 unspecified atom stereocenters.